The predicted octanol–water partition coefficient (Wildman–Crippen LogP) is 0.433. The lowest BCUT2D eigenvalue weighted by Gasteiger charge is -2.01. The van der Waals surface area contributed by atoms with Crippen LogP contribution in [0.2, 0.25) is 0 Å². The minimum absolute atomic E-state index is 0.596. The van der Waals surface area contributed by atoms with Gasteiger partial charge in [-0.05, 0) is 6.54 Å². The lowest BCUT2D eigenvalue weighted by molar-refractivity contribution is -0.134. The fourth-order valence-corrected chi connectivity index (χ4v) is 2.35. The Morgan fingerprint density at radius 2 is 2.10 bits per heavy atom. The van der Waals surface area contributed by atoms with Crippen molar-refractivity contribution in [2.45, 2.75) is 24.3 Å². The Bertz CT molecular complexity index is 576. The van der Waals surface area contributed by atoms with Crippen molar-refractivity contribution in [3.8, 4) is 0 Å². The van der Waals surface area contributed by atoms with E-state index in [1.54, 1.807) is 16.4 Å². The number of nitrogens with zero attached hydrogens (tertiary/aromatic N) is 5. The first-order valence-corrected chi connectivity index (χ1v) is 7.30. The predicted molar refractivity (Wildman–Crippen MR) is 79.8 cm³/mol. The second-order valence-electron chi connectivity index (χ2n) is 4.33. The van der Waals surface area contributed by atoms with Gasteiger partial charge in [-0.2, -0.15) is 5.10 Å². The summed E-state index contributed by atoms with van der Waals surface area (Å²) in [6, 6.07) is 0. The van der Waals surface area contributed by atoms with E-state index in [4.69, 9.17) is 15.6 Å². The molecule has 8 nitrogen and oxygen atoms in total. The zero-order valence-electron chi connectivity index (χ0n) is 12.4. The summed E-state index contributed by atoms with van der Waals surface area (Å²) in [4.78, 5) is 9.00. The third kappa shape index (κ3) is 5.96. The summed E-state index contributed by atoms with van der Waals surface area (Å²) >= 11 is 1.66. The van der Waals surface area contributed by atoms with Gasteiger partial charge in [0.15, 0.2) is 5.16 Å². The van der Waals surface area contributed by atoms with Gasteiger partial charge in [0.1, 0.15) is 5.82 Å². The molecule has 3 N–H and O–H groups in total. The van der Waals surface area contributed by atoms with Crippen molar-refractivity contribution in [3.63, 3.8) is 0 Å². The molecular weight excluding hydrogens is 292 g/mol. The van der Waals surface area contributed by atoms with E-state index in [1.807, 2.05) is 31.1 Å². The molecule has 116 valence electrons. The standard InChI is InChI=1S/C10H16N6S.C2H4O2/c1-15-6-8(5-12-15)7-17-10-14-13-9(3-4-11)16(10)2;1-2(3)4/h5-6H,3-4,7,11H2,1-2H3;1H3,(H,3,4). The summed E-state index contributed by atoms with van der Waals surface area (Å²) in [6.07, 6.45) is 4.63. The van der Waals surface area contributed by atoms with E-state index < -0.39 is 5.97 Å². The van der Waals surface area contributed by atoms with Crippen LogP contribution in [-0.2, 0) is 31.1 Å². The number of carboxylic acids is 1. The molecule has 0 amide bonds. The highest BCUT2D eigenvalue weighted by Gasteiger charge is 2.08. The molecule has 0 atom stereocenters. The number of thioether (sulfide) groups is 1. The van der Waals surface area contributed by atoms with Gasteiger partial charge in [0.2, 0.25) is 0 Å². The zero-order chi connectivity index (χ0) is 15.8. The number of aryl methyl sites for hydroxylation is 1. The molecule has 0 saturated carbocycles. The third-order valence-electron chi connectivity index (χ3n) is 2.42. The van der Waals surface area contributed by atoms with Crippen molar-refractivity contribution < 1.29 is 9.90 Å². The molecule has 0 radical (unpaired) electrons. The average molecular weight is 312 g/mol. The van der Waals surface area contributed by atoms with E-state index in [2.05, 4.69) is 15.3 Å². The number of nitrogens with two attached hydrogens (primary N) is 1. The lowest BCUT2D eigenvalue weighted by Crippen LogP contribution is -2.08. The molecule has 2 heterocycles. The largest absolute Gasteiger partial charge is 0.481 e. The molecule has 0 aliphatic heterocycles. The average Bonchev–Trinajstić information content (AvgIpc) is 2.95. The van der Waals surface area contributed by atoms with E-state index in [0.717, 1.165) is 30.1 Å². The molecule has 21 heavy (non-hydrogen) atoms. The topological polar surface area (TPSA) is 112 Å². The molecule has 0 aliphatic carbocycles. The highest BCUT2D eigenvalue weighted by atomic mass is 32.2. The van der Waals surface area contributed by atoms with Crippen LogP contribution in [0.4, 0.5) is 0 Å². The van der Waals surface area contributed by atoms with Crippen LogP contribution in [0.15, 0.2) is 17.6 Å². The Balaban J connectivity index is 0.000000491. The van der Waals surface area contributed by atoms with Crippen LogP contribution in [0.5, 0.6) is 0 Å². The van der Waals surface area contributed by atoms with Crippen molar-refractivity contribution >= 4 is 17.7 Å². The maximum Gasteiger partial charge on any atom is 0.300 e. The maximum absolute atomic E-state index is 9.00. The van der Waals surface area contributed by atoms with Crippen molar-refractivity contribution in [1.29, 1.82) is 0 Å². The fraction of sp³-hybridized carbons (Fsp3) is 0.500. The Morgan fingerprint density at radius 3 is 2.62 bits per heavy atom. The van der Waals surface area contributed by atoms with Gasteiger partial charge < -0.3 is 15.4 Å². The minimum atomic E-state index is -0.833. The first kappa shape index (κ1) is 17.2. The zero-order valence-corrected chi connectivity index (χ0v) is 13.2. The van der Waals surface area contributed by atoms with Gasteiger partial charge >= 0.3 is 0 Å². The summed E-state index contributed by atoms with van der Waals surface area (Å²) in [7, 11) is 3.88. The molecule has 9 heteroatoms. The number of carboxylic acid groups (broad SMARTS) is 1. The van der Waals surface area contributed by atoms with Crippen LogP contribution in [-0.4, -0.2) is 42.2 Å². The molecule has 0 aliphatic rings. The summed E-state index contributed by atoms with van der Waals surface area (Å²) in [5, 5.41) is 20.7. The number of aliphatic carboxylic acids is 1. The number of hydrogen-bond acceptors (Lipinski definition) is 6. The van der Waals surface area contributed by atoms with Gasteiger partial charge in [0.25, 0.3) is 5.97 Å². The molecular formula is C12H20N6O2S. The molecule has 2 aromatic rings. The first-order valence-electron chi connectivity index (χ1n) is 6.32. The lowest BCUT2D eigenvalue weighted by atomic mass is 10.4. The number of carbonyl (C=O) groups is 1. The Labute approximate surface area is 127 Å². The van der Waals surface area contributed by atoms with Crippen molar-refractivity contribution in [2.75, 3.05) is 6.54 Å². The van der Waals surface area contributed by atoms with Crippen LogP contribution >= 0.6 is 11.8 Å². The van der Waals surface area contributed by atoms with E-state index in [-0.39, 0.29) is 0 Å². The van der Waals surface area contributed by atoms with Gasteiger partial charge in [-0.1, -0.05) is 11.8 Å². The third-order valence-corrected chi connectivity index (χ3v) is 3.51. The second kappa shape index (κ2) is 8.42. The SMILES string of the molecule is CC(=O)O.Cn1cc(CSc2nnc(CCN)n2C)cn1. The maximum atomic E-state index is 9.00. The summed E-state index contributed by atoms with van der Waals surface area (Å²) in [6.45, 7) is 1.68. The monoisotopic (exact) mass is 312 g/mol. The van der Waals surface area contributed by atoms with Crippen LogP contribution in [0, 0.1) is 0 Å². The van der Waals surface area contributed by atoms with E-state index in [0.29, 0.717) is 6.54 Å². The Hall–Kier alpha value is -1.87. The normalized spacial score (nSPS) is 10.1. The minimum Gasteiger partial charge on any atom is -0.481 e. The second-order valence-corrected chi connectivity index (χ2v) is 5.27. The van der Waals surface area contributed by atoms with Crippen molar-refractivity contribution in [1.82, 2.24) is 24.5 Å². The van der Waals surface area contributed by atoms with Gasteiger partial charge in [0, 0.05) is 45.0 Å². The smallest absolute Gasteiger partial charge is 0.300 e. The van der Waals surface area contributed by atoms with Crippen LogP contribution in [0.25, 0.3) is 0 Å². The highest BCUT2D eigenvalue weighted by molar-refractivity contribution is 7.98. The number of aromatic nitrogens is 5. The van der Waals surface area contributed by atoms with E-state index >= 15 is 0 Å². The van der Waals surface area contributed by atoms with E-state index in [9.17, 15) is 0 Å². The van der Waals surface area contributed by atoms with Gasteiger partial charge in [0.05, 0.1) is 6.20 Å². The van der Waals surface area contributed by atoms with Crippen LogP contribution in [0.3, 0.4) is 0 Å². The van der Waals surface area contributed by atoms with Gasteiger partial charge in [-0.25, -0.2) is 0 Å². The molecule has 0 bridgehead atoms. The Kier molecular flexibility index (Phi) is 6.89. The Morgan fingerprint density at radius 1 is 1.43 bits per heavy atom. The molecule has 0 unspecified atom stereocenters. The highest BCUT2D eigenvalue weighted by Crippen LogP contribution is 2.20. The molecule has 2 aromatic heterocycles. The molecule has 0 spiro atoms. The number of rotatable bonds is 5. The number of hydrogen-bond donors (Lipinski definition) is 2. The molecule has 0 saturated heterocycles. The molecule has 2 rings (SSSR count). The van der Waals surface area contributed by atoms with Crippen molar-refractivity contribution in [2.24, 2.45) is 19.8 Å². The van der Waals surface area contributed by atoms with Gasteiger partial charge in [-0.15, -0.1) is 10.2 Å². The molecule has 0 aromatic carbocycles. The van der Waals surface area contributed by atoms with Crippen LogP contribution < -0.4 is 5.73 Å². The first-order chi connectivity index (χ1) is 9.93. The van der Waals surface area contributed by atoms with E-state index in [1.165, 1.54) is 5.56 Å². The summed E-state index contributed by atoms with van der Waals surface area (Å²) in [5.74, 6) is 0.948. The quantitative estimate of drug-likeness (QED) is 0.770. The molecule has 0 fully saturated rings. The van der Waals surface area contributed by atoms with Crippen LogP contribution in [0.1, 0.15) is 18.3 Å². The summed E-state index contributed by atoms with van der Waals surface area (Å²) in [5.41, 5.74) is 6.69. The van der Waals surface area contributed by atoms with Gasteiger partial charge in [-0.3, -0.25) is 9.48 Å². The fourth-order valence-electron chi connectivity index (χ4n) is 1.51. The summed E-state index contributed by atoms with van der Waals surface area (Å²) < 4.78 is 3.79. The van der Waals surface area contributed by atoms with Crippen molar-refractivity contribution in [3.05, 3.63) is 23.8 Å².